The quantitative estimate of drug-likeness (QED) is 0.0627. The van der Waals surface area contributed by atoms with Crippen LogP contribution >= 0.6 is 0 Å². The lowest BCUT2D eigenvalue weighted by Crippen LogP contribution is -2.40. The fourth-order valence-corrected chi connectivity index (χ4v) is 4.38. The molecule has 0 spiro atoms. The number of rotatable bonds is 17. The van der Waals surface area contributed by atoms with E-state index in [1.54, 1.807) is 36.4 Å². The van der Waals surface area contributed by atoms with E-state index < -0.39 is 23.1 Å². The topological polar surface area (TPSA) is 153 Å². The van der Waals surface area contributed by atoms with E-state index in [2.05, 4.69) is 4.84 Å². The first-order valence-electron chi connectivity index (χ1n) is 14.4. The number of carbonyl (C=O) groups excluding carboxylic acids is 3. The van der Waals surface area contributed by atoms with Crippen LogP contribution in [0.15, 0.2) is 48.5 Å². The van der Waals surface area contributed by atoms with Crippen LogP contribution in [0.4, 0.5) is 0 Å². The Morgan fingerprint density at radius 3 is 2.57 bits per heavy atom. The number of esters is 3. The monoisotopic (exact) mass is 614 g/mol. The van der Waals surface area contributed by atoms with Gasteiger partial charge in [0.1, 0.15) is 6.10 Å². The summed E-state index contributed by atoms with van der Waals surface area (Å²) in [5.41, 5.74) is 1.40. The molecule has 0 amide bonds. The summed E-state index contributed by atoms with van der Waals surface area (Å²) in [6.07, 6.45) is 4.47. The zero-order valence-corrected chi connectivity index (χ0v) is 24.9. The molecule has 0 aromatic heterocycles. The summed E-state index contributed by atoms with van der Waals surface area (Å²) in [4.78, 5) is 54.5. The van der Waals surface area contributed by atoms with E-state index in [0.29, 0.717) is 43.9 Å². The first-order chi connectivity index (χ1) is 21.3. The molecule has 1 heterocycles. The lowest BCUT2D eigenvalue weighted by Gasteiger charge is -2.27. The predicted molar refractivity (Wildman–Crippen MR) is 158 cm³/mol. The van der Waals surface area contributed by atoms with Crippen molar-refractivity contribution in [2.75, 3.05) is 53.2 Å². The number of hydrogen-bond donors (Lipinski definition) is 0. The van der Waals surface area contributed by atoms with Crippen molar-refractivity contribution in [2.45, 2.75) is 38.7 Å². The lowest BCUT2D eigenvalue weighted by atomic mass is 9.98. The molecule has 1 atom stereocenters. The van der Waals surface area contributed by atoms with E-state index in [4.69, 9.17) is 23.7 Å². The first-order valence-corrected chi connectivity index (χ1v) is 14.4. The molecule has 0 radical (unpaired) electrons. The van der Waals surface area contributed by atoms with Crippen LogP contribution in [0.1, 0.15) is 60.2 Å². The molecule has 238 valence electrons. The maximum atomic E-state index is 13.4. The summed E-state index contributed by atoms with van der Waals surface area (Å²) in [7, 11) is 1.42. The minimum atomic E-state index is -0.912. The van der Waals surface area contributed by atoms with E-state index in [0.717, 1.165) is 12.8 Å². The SMILES string of the molecule is CCCC[C@@H](OC(=O)CN1CCOCC1)c1ccccc1C(=O)Oc1ccc(/C=C/C(=O)OCCCO[N+](=O)[O-])cc1OC. The van der Waals surface area contributed by atoms with Crippen molar-refractivity contribution in [2.24, 2.45) is 0 Å². The number of ether oxygens (including phenoxy) is 5. The molecule has 2 aromatic carbocycles. The number of carbonyl (C=O) groups is 3. The largest absolute Gasteiger partial charge is 0.493 e. The summed E-state index contributed by atoms with van der Waals surface area (Å²) in [6, 6.07) is 11.6. The van der Waals surface area contributed by atoms with Crippen molar-refractivity contribution in [3.63, 3.8) is 0 Å². The average molecular weight is 615 g/mol. The molecular formula is C31H38N2O11. The minimum absolute atomic E-state index is 0.0386. The average Bonchev–Trinajstić information content (AvgIpc) is 3.02. The van der Waals surface area contributed by atoms with Crippen LogP contribution in [0.2, 0.25) is 0 Å². The Kier molecular flexibility index (Phi) is 14.1. The third-order valence-corrected chi connectivity index (χ3v) is 6.61. The molecule has 13 nitrogen and oxygen atoms in total. The number of unbranched alkanes of at least 4 members (excludes halogenated alkanes) is 1. The summed E-state index contributed by atoms with van der Waals surface area (Å²) >= 11 is 0. The molecule has 44 heavy (non-hydrogen) atoms. The van der Waals surface area contributed by atoms with Crippen LogP contribution in [0.5, 0.6) is 11.5 Å². The summed E-state index contributed by atoms with van der Waals surface area (Å²) < 4.78 is 27.4. The Bertz CT molecular complexity index is 1290. The van der Waals surface area contributed by atoms with E-state index in [9.17, 15) is 24.5 Å². The Hall–Kier alpha value is -4.49. The second-order valence-corrected chi connectivity index (χ2v) is 9.81. The normalized spacial score (nSPS) is 14.0. The van der Waals surface area contributed by atoms with Gasteiger partial charge in [-0.25, -0.2) is 9.59 Å². The van der Waals surface area contributed by atoms with Gasteiger partial charge in [0, 0.05) is 31.1 Å². The molecule has 0 unspecified atom stereocenters. The van der Waals surface area contributed by atoms with Gasteiger partial charge in [-0.2, -0.15) is 0 Å². The van der Waals surface area contributed by atoms with Gasteiger partial charge in [-0.1, -0.05) is 37.6 Å². The highest BCUT2D eigenvalue weighted by Gasteiger charge is 2.25. The summed E-state index contributed by atoms with van der Waals surface area (Å²) in [6.45, 7) is 4.42. The van der Waals surface area contributed by atoms with Gasteiger partial charge in [-0.05, 0) is 42.7 Å². The van der Waals surface area contributed by atoms with Gasteiger partial charge in [-0.3, -0.25) is 9.69 Å². The third-order valence-electron chi connectivity index (χ3n) is 6.61. The summed E-state index contributed by atoms with van der Waals surface area (Å²) in [5.74, 6) is -1.23. The van der Waals surface area contributed by atoms with Crippen molar-refractivity contribution in [3.05, 3.63) is 75.3 Å². The number of nitrogens with zero attached hydrogens (tertiary/aromatic N) is 2. The molecule has 2 aromatic rings. The van der Waals surface area contributed by atoms with E-state index in [1.165, 1.54) is 25.3 Å². The molecule has 1 saturated heterocycles. The van der Waals surface area contributed by atoms with Gasteiger partial charge in [0.2, 0.25) is 0 Å². The number of benzene rings is 2. The molecule has 3 rings (SSSR count). The fourth-order valence-electron chi connectivity index (χ4n) is 4.38. The van der Waals surface area contributed by atoms with Crippen LogP contribution in [-0.2, 0) is 28.6 Å². The van der Waals surface area contributed by atoms with Crippen molar-refractivity contribution in [1.29, 1.82) is 0 Å². The van der Waals surface area contributed by atoms with E-state index in [-0.39, 0.29) is 49.2 Å². The smallest absolute Gasteiger partial charge is 0.344 e. The highest BCUT2D eigenvalue weighted by atomic mass is 16.9. The minimum Gasteiger partial charge on any atom is -0.493 e. The molecule has 13 heteroatoms. The van der Waals surface area contributed by atoms with Crippen LogP contribution in [0.3, 0.4) is 0 Å². The van der Waals surface area contributed by atoms with Gasteiger partial charge < -0.3 is 28.5 Å². The van der Waals surface area contributed by atoms with Crippen molar-refractivity contribution in [3.8, 4) is 11.5 Å². The van der Waals surface area contributed by atoms with Crippen LogP contribution in [0, 0.1) is 10.1 Å². The summed E-state index contributed by atoms with van der Waals surface area (Å²) in [5, 5.41) is 9.22. The van der Waals surface area contributed by atoms with Crippen molar-refractivity contribution < 1.29 is 48.0 Å². The van der Waals surface area contributed by atoms with Crippen molar-refractivity contribution in [1.82, 2.24) is 4.90 Å². The first kappa shape index (κ1) is 34.0. The third kappa shape index (κ3) is 11.3. The highest BCUT2D eigenvalue weighted by Crippen LogP contribution is 2.32. The lowest BCUT2D eigenvalue weighted by molar-refractivity contribution is -0.757. The van der Waals surface area contributed by atoms with Gasteiger partial charge in [0.25, 0.3) is 5.09 Å². The Labute approximate surface area is 255 Å². The van der Waals surface area contributed by atoms with Gasteiger partial charge >= 0.3 is 17.9 Å². The number of hydrogen-bond acceptors (Lipinski definition) is 12. The molecule has 1 fully saturated rings. The molecule has 0 N–H and O–H groups in total. The Morgan fingerprint density at radius 1 is 1.07 bits per heavy atom. The molecule has 0 bridgehead atoms. The van der Waals surface area contributed by atoms with Crippen molar-refractivity contribution >= 4 is 24.0 Å². The van der Waals surface area contributed by atoms with Gasteiger partial charge in [0.15, 0.2) is 11.5 Å². The predicted octanol–water partition coefficient (Wildman–Crippen LogP) is 4.18. The molecule has 1 aliphatic heterocycles. The molecule has 1 aliphatic rings. The fraction of sp³-hybridized carbons (Fsp3) is 0.452. The van der Waals surface area contributed by atoms with Crippen LogP contribution < -0.4 is 9.47 Å². The number of methoxy groups -OCH3 is 1. The van der Waals surface area contributed by atoms with Gasteiger partial charge in [0.05, 0.1) is 45.6 Å². The zero-order chi connectivity index (χ0) is 31.7. The van der Waals surface area contributed by atoms with Crippen LogP contribution in [0.25, 0.3) is 6.08 Å². The maximum absolute atomic E-state index is 13.4. The van der Waals surface area contributed by atoms with Gasteiger partial charge in [-0.15, -0.1) is 10.1 Å². The van der Waals surface area contributed by atoms with E-state index >= 15 is 0 Å². The van der Waals surface area contributed by atoms with E-state index in [1.807, 2.05) is 11.8 Å². The standard InChI is InChI=1S/C31H38N2O11/c1-3-4-10-26(43-30(35)22-32-15-19-40-20-16-32)24-8-5-6-9-25(24)31(36)44-27-13-11-23(21-28(27)39-2)12-14-29(34)41-17-7-18-42-33(37)38/h5-6,8-9,11-14,21,26H,3-4,7,10,15-20,22H2,1-2H3/b14-12+/t26-/m1/s1. The number of morpholine rings is 1. The van der Waals surface area contributed by atoms with Crippen LogP contribution in [-0.4, -0.2) is 81.1 Å². The molecule has 0 saturated carbocycles. The Balaban J connectivity index is 1.67. The maximum Gasteiger partial charge on any atom is 0.344 e. The second-order valence-electron chi connectivity index (χ2n) is 9.81. The molecular weight excluding hydrogens is 576 g/mol. The highest BCUT2D eigenvalue weighted by molar-refractivity contribution is 5.93. The second kappa shape index (κ2) is 18.2. The Morgan fingerprint density at radius 2 is 1.84 bits per heavy atom. The molecule has 0 aliphatic carbocycles. The zero-order valence-electron chi connectivity index (χ0n) is 24.9.